The molecule has 0 saturated heterocycles. The number of amides is 1. The van der Waals surface area contributed by atoms with Gasteiger partial charge in [-0.05, 0) is 24.3 Å². The first kappa shape index (κ1) is 13.4. The molecule has 1 amide bonds. The maximum Gasteiger partial charge on any atom is 0.259 e. The fraction of sp³-hybridized carbons (Fsp3) is 0. The van der Waals surface area contributed by atoms with Gasteiger partial charge in [-0.3, -0.25) is 15.6 Å². The van der Waals surface area contributed by atoms with E-state index < -0.39 is 11.7 Å². The molecule has 0 bridgehead atoms. The summed E-state index contributed by atoms with van der Waals surface area (Å²) >= 11 is 3.21. The lowest BCUT2D eigenvalue weighted by atomic mass is 10.2. The van der Waals surface area contributed by atoms with Crippen molar-refractivity contribution < 1.29 is 9.18 Å². The van der Waals surface area contributed by atoms with E-state index in [1.807, 2.05) is 0 Å². The van der Waals surface area contributed by atoms with Crippen LogP contribution in [0.15, 0.2) is 41.1 Å². The van der Waals surface area contributed by atoms with Crippen LogP contribution >= 0.6 is 15.9 Å². The molecule has 0 atom stereocenters. The first-order valence-electron chi connectivity index (χ1n) is 5.29. The molecule has 19 heavy (non-hydrogen) atoms. The molecule has 0 aliphatic carbocycles. The van der Waals surface area contributed by atoms with E-state index in [0.29, 0.717) is 10.2 Å². The Bertz CT molecular complexity index is 620. The van der Waals surface area contributed by atoms with E-state index in [1.54, 1.807) is 12.1 Å². The number of carbonyl (C=O) groups is 1. The monoisotopic (exact) mass is 324 g/mol. The van der Waals surface area contributed by atoms with Crippen LogP contribution in [0.25, 0.3) is 0 Å². The molecule has 0 aliphatic rings. The second kappa shape index (κ2) is 5.77. The molecule has 0 unspecified atom stereocenters. The summed E-state index contributed by atoms with van der Waals surface area (Å²) in [6, 6.07) is 5.82. The van der Waals surface area contributed by atoms with Crippen LogP contribution in [0.4, 0.5) is 15.8 Å². The van der Waals surface area contributed by atoms with Crippen molar-refractivity contribution in [2.45, 2.75) is 0 Å². The molecule has 98 valence electrons. The molecule has 1 aromatic heterocycles. The van der Waals surface area contributed by atoms with Crippen molar-refractivity contribution in [1.29, 1.82) is 0 Å². The van der Waals surface area contributed by atoms with Crippen molar-refractivity contribution in [3.8, 4) is 0 Å². The number of hydrazine groups is 1. The minimum absolute atomic E-state index is 0.0752. The van der Waals surface area contributed by atoms with Crippen molar-refractivity contribution >= 4 is 33.2 Å². The molecule has 0 radical (unpaired) electrons. The van der Waals surface area contributed by atoms with E-state index >= 15 is 0 Å². The van der Waals surface area contributed by atoms with Gasteiger partial charge in [0.15, 0.2) is 0 Å². The van der Waals surface area contributed by atoms with Crippen LogP contribution < -0.4 is 16.6 Å². The van der Waals surface area contributed by atoms with E-state index in [9.17, 15) is 9.18 Å². The van der Waals surface area contributed by atoms with E-state index in [-0.39, 0.29) is 11.3 Å². The molecule has 7 heteroatoms. The number of anilines is 2. The predicted octanol–water partition coefficient (Wildman–Crippen LogP) is 2.52. The number of hydrogen-bond donors (Lipinski definition) is 3. The highest BCUT2D eigenvalue weighted by Crippen LogP contribution is 2.21. The highest BCUT2D eigenvalue weighted by atomic mass is 79.9. The molecular weight excluding hydrogens is 315 g/mol. The van der Waals surface area contributed by atoms with Crippen molar-refractivity contribution in [3.05, 3.63) is 52.5 Å². The lowest BCUT2D eigenvalue weighted by Gasteiger charge is -2.09. The molecule has 4 N–H and O–H groups in total. The number of nitrogens with zero attached hydrogens (tertiary/aromatic N) is 1. The predicted molar refractivity (Wildman–Crippen MR) is 74.1 cm³/mol. The van der Waals surface area contributed by atoms with Gasteiger partial charge in [-0.15, -0.1) is 0 Å². The Morgan fingerprint density at radius 3 is 2.84 bits per heavy atom. The summed E-state index contributed by atoms with van der Waals surface area (Å²) in [5.41, 5.74) is 3.09. The second-order valence-corrected chi connectivity index (χ2v) is 4.56. The molecule has 2 aromatic rings. The fourth-order valence-electron chi connectivity index (χ4n) is 1.48. The first-order chi connectivity index (χ1) is 9.11. The van der Waals surface area contributed by atoms with Gasteiger partial charge in [-0.1, -0.05) is 15.9 Å². The largest absolute Gasteiger partial charge is 0.323 e. The molecule has 0 saturated carbocycles. The molecule has 0 fully saturated rings. The third-order valence-corrected chi connectivity index (χ3v) is 2.89. The Hall–Kier alpha value is -1.99. The Labute approximate surface area is 117 Å². The fourth-order valence-corrected chi connectivity index (χ4v) is 1.85. The SMILES string of the molecule is NNc1ccncc1C(=O)Nc1cc(Br)ccc1F. The minimum Gasteiger partial charge on any atom is -0.323 e. The van der Waals surface area contributed by atoms with Crippen molar-refractivity contribution in [2.75, 3.05) is 10.7 Å². The Balaban J connectivity index is 2.28. The minimum atomic E-state index is -0.525. The van der Waals surface area contributed by atoms with Crippen LogP contribution in [0.1, 0.15) is 10.4 Å². The molecule has 0 spiro atoms. The van der Waals surface area contributed by atoms with Gasteiger partial charge in [-0.2, -0.15) is 0 Å². The zero-order valence-electron chi connectivity index (χ0n) is 9.65. The number of carbonyl (C=O) groups excluding carboxylic acids is 1. The van der Waals surface area contributed by atoms with Crippen molar-refractivity contribution in [2.24, 2.45) is 5.84 Å². The van der Waals surface area contributed by atoms with Crippen LogP contribution in [0.2, 0.25) is 0 Å². The Morgan fingerprint density at radius 1 is 1.32 bits per heavy atom. The quantitative estimate of drug-likeness (QED) is 0.598. The van der Waals surface area contributed by atoms with Gasteiger partial charge in [0.2, 0.25) is 0 Å². The van der Waals surface area contributed by atoms with Gasteiger partial charge in [0.1, 0.15) is 5.82 Å². The summed E-state index contributed by atoms with van der Waals surface area (Å²) in [5, 5.41) is 2.46. The van der Waals surface area contributed by atoms with Crippen LogP contribution in [0.3, 0.4) is 0 Å². The van der Waals surface area contributed by atoms with Crippen LogP contribution in [0.5, 0.6) is 0 Å². The lowest BCUT2D eigenvalue weighted by Crippen LogP contribution is -2.18. The van der Waals surface area contributed by atoms with Gasteiger partial charge in [0.25, 0.3) is 5.91 Å². The highest BCUT2D eigenvalue weighted by molar-refractivity contribution is 9.10. The average Bonchev–Trinajstić information content (AvgIpc) is 2.42. The normalized spacial score (nSPS) is 10.1. The summed E-state index contributed by atoms with van der Waals surface area (Å²) in [7, 11) is 0. The standard InChI is InChI=1S/C12H10BrFN4O/c13-7-1-2-9(14)11(5-7)17-12(19)8-6-16-4-3-10(8)18-15/h1-6H,15H2,(H,16,18)(H,17,19). The van der Waals surface area contributed by atoms with Crippen molar-refractivity contribution in [3.63, 3.8) is 0 Å². The number of rotatable bonds is 3. The zero-order chi connectivity index (χ0) is 13.8. The topological polar surface area (TPSA) is 80.0 Å². The third kappa shape index (κ3) is 3.07. The molecule has 1 heterocycles. The molecular formula is C12H10BrFN4O. The third-order valence-electron chi connectivity index (χ3n) is 2.40. The number of nitrogen functional groups attached to an aromatic ring is 1. The summed E-state index contributed by atoms with van der Waals surface area (Å²) in [4.78, 5) is 15.9. The van der Waals surface area contributed by atoms with Crippen LogP contribution in [0, 0.1) is 5.82 Å². The van der Waals surface area contributed by atoms with Gasteiger partial charge in [0, 0.05) is 16.9 Å². The Morgan fingerprint density at radius 2 is 2.11 bits per heavy atom. The summed E-state index contributed by atoms with van der Waals surface area (Å²) < 4.78 is 14.2. The lowest BCUT2D eigenvalue weighted by molar-refractivity contribution is 0.102. The van der Waals surface area contributed by atoms with Gasteiger partial charge in [-0.25, -0.2) is 4.39 Å². The van der Waals surface area contributed by atoms with Crippen LogP contribution in [-0.2, 0) is 0 Å². The number of hydrogen-bond acceptors (Lipinski definition) is 4. The number of pyridine rings is 1. The maximum absolute atomic E-state index is 13.5. The number of nitrogens with one attached hydrogen (secondary N) is 2. The Kier molecular flexibility index (Phi) is 4.08. The van der Waals surface area contributed by atoms with Gasteiger partial charge in [0.05, 0.1) is 16.9 Å². The number of benzene rings is 1. The maximum atomic E-state index is 13.5. The average molecular weight is 325 g/mol. The van der Waals surface area contributed by atoms with E-state index in [2.05, 4.69) is 31.7 Å². The highest BCUT2D eigenvalue weighted by Gasteiger charge is 2.13. The molecule has 1 aromatic carbocycles. The van der Waals surface area contributed by atoms with E-state index in [4.69, 9.17) is 5.84 Å². The first-order valence-corrected chi connectivity index (χ1v) is 6.08. The van der Waals surface area contributed by atoms with Crippen molar-refractivity contribution in [1.82, 2.24) is 4.98 Å². The summed E-state index contributed by atoms with van der Waals surface area (Å²) in [6.45, 7) is 0. The smallest absolute Gasteiger partial charge is 0.259 e. The van der Waals surface area contributed by atoms with E-state index in [1.165, 1.54) is 24.5 Å². The zero-order valence-corrected chi connectivity index (χ0v) is 11.2. The number of halogens is 2. The summed E-state index contributed by atoms with van der Waals surface area (Å²) in [6.07, 6.45) is 2.84. The van der Waals surface area contributed by atoms with Crippen LogP contribution in [-0.4, -0.2) is 10.9 Å². The van der Waals surface area contributed by atoms with Gasteiger partial charge < -0.3 is 10.7 Å². The number of nitrogens with two attached hydrogens (primary N) is 1. The second-order valence-electron chi connectivity index (χ2n) is 3.64. The molecule has 5 nitrogen and oxygen atoms in total. The number of aromatic nitrogens is 1. The van der Waals surface area contributed by atoms with E-state index in [0.717, 1.165) is 0 Å². The summed E-state index contributed by atoms with van der Waals surface area (Å²) in [5.74, 6) is 4.27. The molecule has 2 rings (SSSR count). The van der Waals surface area contributed by atoms with Gasteiger partial charge >= 0.3 is 0 Å². The molecule has 0 aliphatic heterocycles.